The standard InChI is InChI=1S/C14H17N3O3/c1-2-13(18)17-7-5-16(6-8-17)10-3-4-11-12(9-10)20-14(19)15-11/h3-4,9H,2,5-8H2,1H3,(H,15,19). The van der Waals surface area contributed by atoms with Crippen molar-refractivity contribution in [2.24, 2.45) is 0 Å². The number of amides is 1. The van der Waals surface area contributed by atoms with Gasteiger partial charge in [0.15, 0.2) is 5.58 Å². The summed E-state index contributed by atoms with van der Waals surface area (Å²) >= 11 is 0. The fourth-order valence-corrected chi connectivity index (χ4v) is 2.57. The van der Waals surface area contributed by atoms with Gasteiger partial charge in [0.05, 0.1) is 5.52 Å². The number of oxazole rings is 1. The number of aromatic amines is 1. The van der Waals surface area contributed by atoms with Crippen molar-refractivity contribution >= 4 is 22.7 Å². The Balaban J connectivity index is 1.76. The molecule has 0 radical (unpaired) electrons. The Kier molecular flexibility index (Phi) is 3.22. The Morgan fingerprint density at radius 2 is 2.05 bits per heavy atom. The average Bonchev–Trinajstić information content (AvgIpc) is 2.85. The molecule has 1 N–H and O–H groups in total. The first-order valence-electron chi connectivity index (χ1n) is 6.83. The predicted octanol–water partition coefficient (Wildman–Crippen LogP) is 1.18. The number of hydrogen-bond donors (Lipinski definition) is 1. The first kappa shape index (κ1) is 12.8. The van der Waals surface area contributed by atoms with E-state index in [-0.39, 0.29) is 5.91 Å². The highest BCUT2D eigenvalue weighted by atomic mass is 16.4. The Bertz CT molecular complexity index is 680. The van der Waals surface area contributed by atoms with Crippen LogP contribution in [0, 0.1) is 0 Å². The van der Waals surface area contributed by atoms with E-state index >= 15 is 0 Å². The molecule has 20 heavy (non-hydrogen) atoms. The molecule has 6 nitrogen and oxygen atoms in total. The van der Waals surface area contributed by atoms with E-state index in [4.69, 9.17) is 4.42 Å². The monoisotopic (exact) mass is 275 g/mol. The van der Waals surface area contributed by atoms with Gasteiger partial charge in [0.2, 0.25) is 5.91 Å². The van der Waals surface area contributed by atoms with E-state index in [2.05, 4.69) is 9.88 Å². The number of carbonyl (C=O) groups excluding carboxylic acids is 1. The van der Waals surface area contributed by atoms with Gasteiger partial charge in [-0.2, -0.15) is 0 Å². The smallest absolute Gasteiger partial charge is 0.408 e. The van der Waals surface area contributed by atoms with Crippen LogP contribution in [0.5, 0.6) is 0 Å². The maximum atomic E-state index is 11.6. The largest absolute Gasteiger partial charge is 0.417 e. The zero-order valence-electron chi connectivity index (χ0n) is 11.4. The molecular weight excluding hydrogens is 258 g/mol. The lowest BCUT2D eigenvalue weighted by molar-refractivity contribution is -0.131. The van der Waals surface area contributed by atoms with Crippen LogP contribution in [-0.4, -0.2) is 42.0 Å². The predicted molar refractivity (Wildman–Crippen MR) is 75.9 cm³/mol. The molecule has 2 heterocycles. The number of aromatic nitrogens is 1. The molecule has 1 aromatic carbocycles. The Morgan fingerprint density at radius 3 is 2.75 bits per heavy atom. The second kappa shape index (κ2) is 5.03. The van der Waals surface area contributed by atoms with E-state index < -0.39 is 5.76 Å². The van der Waals surface area contributed by atoms with Gasteiger partial charge in [-0.25, -0.2) is 4.79 Å². The molecule has 1 aliphatic rings. The number of piperazine rings is 1. The van der Waals surface area contributed by atoms with Crippen LogP contribution in [0.1, 0.15) is 13.3 Å². The van der Waals surface area contributed by atoms with Gasteiger partial charge in [-0.05, 0) is 12.1 Å². The van der Waals surface area contributed by atoms with Gasteiger partial charge in [-0.1, -0.05) is 6.92 Å². The summed E-state index contributed by atoms with van der Waals surface area (Å²) in [6, 6.07) is 5.68. The molecule has 0 bridgehead atoms. The topological polar surface area (TPSA) is 69.6 Å². The summed E-state index contributed by atoms with van der Waals surface area (Å²) in [6.07, 6.45) is 0.556. The first-order valence-corrected chi connectivity index (χ1v) is 6.83. The maximum absolute atomic E-state index is 11.6. The van der Waals surface area contributed by atoms with Crippen LogP contribution in [0.25, 0.3) is 11.1 Å². The number of hydrogen-bond acceptors (Lipinski definition) is 4. The van der Waals surface area contributed by atoms with Crippen LogP contribution in [-0.2, 0) is 4.79 Å². The Labute approximate surface area is 116 Å². The van der Waals surface area contributed by atoms with E-state index in [0.29, 0.717) is 17.5 Å². The molecule has 2 aromatic rings. The fourth-order valence-electron chi connectivity index (χ4n) is 2.57. The van der Waals surface area contributed by atoms with Crippen molar-refractivity contribution in [3.63, 3.8) is 0 Å². The van der Waals surface area contributed by atoms with Crippen molar-refractivity contribution in [2.75, 3.05) is 31.1 Å². The minimum atomic E-state index is -0.435. The summed E-state index contributed by atoms with van der Waals surface area (Å²) in [5.74, 6) is -0.229. The van der Waals surface area contributed by atoms with Gasteiger partial charge in [-0.3, -0.25) is 9.78 Å². The van der Waals surface area contributed by atoms with Crippen molar-refractivity contribution < 1.29 is 9.21 Å². The molecule has 1 aromatic heterocycles. The van der Waals surface area contributed by atoms with E-state index in [9.17, 15) is 9.59 Å². The van der Waals surface area contributed by atoms with Crippen molar-refractivity contribution in [1.29, 1.82) is 0 Å². The summed E-state index contributed by atoms with van der Waals surface area (Å²) < 4.78 is 5.07. The Morgan fingerprint density at radius 1 is 1.30 bits per heavy atom. The van der Waals surface area contributed by atoms with E-state index in [1.165, 1.54) is 0 Å². The van der Waals surface area contributed by atoms with E-state index in [0.717, 1.165) is 31.9 Å². The molecule has 0 atom stereocenters. The van der Waals surface area contributed by atoms with Gasteiger partial charge in [-0.15, -0.1) is 0 Å². The fraction of sp³-hybridized carbons (Fsp3) is 0.429. The zero-order valence-corrected chi connectivity index (χ0v) is 11.4. The Hall–Kier alpha value is -2.24. The summed E-state index contributed by atoms with van der Waals surface area (Å²) in [7, 11) is 0. The number of benzene rings is 1. The molecule has 6 heteroatoms. The lowest BCUT2D eigenvalue weighted by atomic mass is 10.2. The highest BCUT2D eigenvalue weighted by Gasteiger charge is 2.20. The number of nitrogens with one attached hydrogen (secondary N) is 1. The lowest BCUT2D eigenvalue weighted by Crippen LogP contribution is -2.48. The summed E-state index contributed by atoms with van der Waals surface area (Å²) in [5.41, 5.74) is 2.29. The van der Waals surface area contributed by atoms with Crippen LogP contribution in [0.2, 0.25) is 0 Å². The molecule has 0 unspecified atom stereocenters. The molecule has 0 saturated carbocycles. The number of H-pyrrole nitrogens is 1. The quantitative estimate of drug-likeness (QED) is 0.893. The minimum absolute atomic E-state index is 0.205. The third kappa shape index (κ3) is 2.29. The molecule has 1 saturated heterocycles. The molecule has 0 spiro atoms. The normalized spacial score (nSPS) is 15.8. The number of rotatable bonds is 2. The van der Waals surface area contributed by atoms with Gasteiger partial charge in [0.1, 0.15) is 0 Å². The number of carbonyl (C=O) groups is 1. The SMILES string of the molecule is CCC(=O)N1CCN(c2ccc3[nH]c(=O)oc3c2)CC1. The van der Waals surface area contributed by atoms with Crippen molar-refractivity contribution in [2.45, 2.75) is 13.3 Å². The maximum Gasteiger partial charge on any atom is 0.417 e. The molecule has 1 aliphatic heterocycles. The number of nitrogens with zero attached hydrogens (tertiary/aromatic N) is 2. The number of anilines is 1. The van der Waals surface area contributed by atoms with Crippen molar-refractivity contribution in [1.82, 2.24) is 9.88 Å². The van der Waals surface area contributed by atoms with E-state index in [1.54, 1.807) is 0 Å². The molecular formula is C14H17N3O3. The summed E-state index contributed by atoms with van der Waals surface area (Å²) in [6.45, 7) is 4.96. The molecule has 0 aliphatic carbocycles. The second-order valence-electron chi connectivity index (χ2n) is 4.92. The van der Waals surface area contributed by atoms with E-state index in [1.807, 2.05) is 30.0 Å². The van der Waals surface area contributed by atoms with Crippen LogP contribution >= 0.6 is 0 Å². The molecule has 1 amide bonds. The second-order valence-corrected chi connectivity index (χ2v) is 4.92. The third-order valence-corrected chi connectivity index (χ3v) is 3.70. The first-order chi connectivity index (χ1) is 9.67. The van der Waals surface area contributed by atoms with Gasteiger partial charge in [0, 0.05) is 44.4 Å². The minimum Gasteiger partial charge on any atom is -0.408 e. The van der Waals surface area contributed by atoms with Crippen LogP contribution in [0.4, 0.5) is 5.69 Å². The third-order valence-electron chi connectivity index (χ3n) is 3.70. The molecule has 106 valence electrons. The highest BCUT2D eigenvalue weighted by molar-refractivity contribution is 5.78. The molecule has 3 rings (SSSR count). The molecule has 1 fully saturated rings. The van der Waals surface area contributed by atoms with Gasteiger partial charge in [0.25, 0.3) is 0 Å². The van der Waals surface area contributed by atoms with Crippen LogP contribution in [0.15, 0.2) is 27.4 Å². The van der Waals surface area contributed by atoms with Gasteiger partial charge < -0.3 is 14.2 Å². The van der Waals surface area contributed by atoms with Crippen LogP contribution in [0.3, 0.4) is 0 Å². The number of fused-ring (bicyclic) bond motifs is 1. The van der Waals surface area contributed by atoms with Gasteiger partial charge >= 0.3 is 5.76 Å². The summed E-state index contributed by atoms with van der Waals surface area (Å²) in [5, 5.41) is 0. The average molecular weight is 275 g/mol. The van der Waals surface area contributed by atoms with Crippen molar-refractivity contribution in [3.05, 3.63) is 28.7 Å². The zero-order chi connectivity index (χ0) is 14.1. The lowest BCUT2D eigenvalue weighted by Gasteiger charge is -2.36. The summed E-state index contributed by atoms with van der Waals surface area (Å²) in [4.78, 5) is 29.5. The van der Waals surface area contributed by atoms with Crippen molar-refractivity contribution in [3.8, 4) is 0 Å². The van der Waals surface area contributed by atoms with Crippen LogP contribution < -0.4 is 10.7 Å². The highest BCUT2D eigenvalue weighted by Crippen LogP contribution is 2.21.